The lowest BCUT2D eigenvalue weighted by molar-refractivity contribution is 0.0941. The maximum atomic E-state index is 11.8. The average Bonchev–Trinajstić information content (AvgIpc) is 2.38. The third kappa shape index (κ3) is 3.27. The van der Waals surface area contributed by atoms with Crippen molar-refractivity contribution in [2.75, 3.05) is 6.54 Å². The second-order valence-electron chi connectivity index (χ2n) is 4.65. The summed E-state index contributed by atoms with van der Waals surface area (Å²) in [6.45, 7) is 0.683. The molecule has 0 aromatic carbocycles. The lowest BCUT2D eigenvalue weighted by Crippen LogP contribution is -2.41. The predicted octanol–water partition coefficient (Wildman–Crippen LogP) is 1.33. The van der Waals surface area contributed by atoms with Gasteiger partial charge in [0, 0.05) is 30.5 Å². The molecule has 1 fully saturated rings. The summed E-state index contributed by atoms with van der Waals surface area (Å²) in [7, 11) is 0. The Bertz CT molecular complexity index is 366. The van der Waals surface area contributed by atoms with Crippen LogP contribution in [0.1, 0.15) is 36.0 Å². The summed E-state index contributed by atoms with van der Waals surface area (Å²) in [6, 6.07) is 3.67. The van der Waals surface area contributed by atoms with E-state index < -0.39 is 0 Å². The molecule has 4 heteroatoms. The van der Waals surface area contributed by atoms with Crippen molar-refractivity contribution in [1.82, 2.24) is 10.3 Å². The van der Waals surface area contributed by atoms with E-state index in [0.717, 1.165) is 12.8 Å². The van der Waals surface area contributed by atoms with Gasteiger partial charge in [-0.3, -0.25) is 9.78 Å². The highest BCUT2D eigenvalue weighted by molar-refractivity contribution is 5.93. The second-order valence-corrected chi connectivity index (χ2v) is 4.65. The number of nitrogens with zero attached hydrogens (tertiary/aromatic N) is 1. The lowest BCUT2D eigenvalue weighted by Gasteiger charge is -2.28. The van der Waals surface area contributed by atoms with Crippen molar-refractivity contribution in [2.45, 2.75) is 31.7 Å². The van der Waals surface area contributed by atoms with Gasteiger partial charge in [0.1, 0.15) is 0 Å². The van der Waals surface area contributed by atoms with Crippen molar-refractivity contribution in [3.63, 3.8) is 0 Å². The predicted molar refractivity (Wildman–Crippen MR) is 66.5 cm³/mol. The minimum atomic E-state index is -0.0369. The first-order valence-corrected chi connectivity index (χ1v) is 6.21. The molecule has 0 spiro atoms. The van der Waals surface area contributed by atoms with Crippen LogP contribution in [0.4, 0.5) is 0 Å². The summed E-state index contributed by atoms with van der Waals surface area (Å²) in [5.74, 6) is 0.389. The van der Waals surface area contributed by atoms with Gasteiger partial charge >= 0.3 is 0 Å². The van der Waals surface area contributed by atoms with Crippen LogP contribution in [0.15, 0.2) is 24.5 Å². The number of hydrogen-bond donors (Lipinski definition) is 2. The summed E-state index contributed by atoms with van der Waals surface area (Å²) >= 11 is 0. The Morgan fingerprint density at radius 3 is 2.76 bits per heavy atom. The lowest BCUT2D eigenvalue weighted by atomic mass is 9.85. The summed E-state index contributed by atoms with van der Waals surface area (Å²) in [6.07, 6.45) is 7.90. The van der Waals surface area contributed by atoms with E-state index in [1.807, 2.05) is 0 Å². The SMILES string of the molecule is NC1CCCCC1CNC(=O)c1ccncc1. The fourth-order valence-corrected chi connectivity index (χ4v) is 2.32. The Morgan fingerprint density at radius 1 is 1.35 bits per heavy atom. The van der Waals surface area contributed by atoms with Crippen molar-refractivity contribution >= 4 is 5.91 Å². The zero-order chi connectivity index (χ0) is 12.1. The largest absolute Gasteiger partial charge is 0.352 e. The number of nitrogens with two attached hydrogens (primary N) is 1. The number of pyridine rings is 1. The molecule has 1 saturated carbocycles. The fraction of sp³-hybridized carbons (Fsp3) is 0.538. The fourth-order valence-electron chi connectivity index (χ4n) is 2.32. The topological polar surface area (TPSA) is 68.0 Å². The summed E-state index contributed by atoms with van der Waals surface area (Å²) in [5, 5.41) is 2.95. The third-order valence-corrected chi connectivity index (χ3v) is 3.44. The molecule has 0 bridgehead atoms. The standard InChI is InChI=1S/C13H19N3O/c14-12-4-2-1-3-11(12)9-16-13(17)10-5-7-15-8-6-10/h5-8,11-12H,1-4,9,14H2,(H,16,17). The Morgan fingerprint density at radius 2 is 2.06 bits per heavy atom. The molecule has 1 aliphatic carbocycles. The van der Waals surface area contributed by atoms with E-state index in [0.29, 0.717) is 18.0 Å². The molecule has 0 aliphatic heterocycles. The van der Waals surface area contributed by atoms with Gasteiger partial charge in [0.15, 0.2) is 0 Å². The van der Waals surface area contributed by atoms with Gasteiger partial charge in [-0.25, -0.2) is 0 Å². The molecule has 1 heterocycles. The molecule has 3 N–H and O–H groups in total. The van der Waals surface area contributed by atoms with E-state index in [9.17, 15) is 4.79 Å². The molecule has 1 aromatic rings. The van der Waals surface area contributed by atoms with Crippen LogP contribution in [-0.2, 0) is 0 Å². The van der Waals surface area contributed by atoms with Crippen molar-refractivity contribution in [3.05, 3.63) is 30.1 Å². The molecule has 2 rings (SSSR count). The monoisotopic (exact) mass is 233 g/mol. The van der Waals surface area contributed by atoms with Gasteiger partial charge in [-0.15, -0.1) is 0 Å². The minimum Gasteiger partial charge on any atom is -0.352 e. The Hall–Kier alpha value is -1.42. The average molecular weight is 233 g/mol. The van der Waals surface area contributed by atoms with Crippen LogP contribution in [0.25, 0.3) is 0 Å². The van der Waals surface area contributed by atoms with Crippen LogP contribution < -0.4 is 11.1 Å². The van der Waals surface area contributed by atoms with Crippen LogP contribution in [0, 0.1) is 5.92 Å². The zero-order valence-corrected chi connectivity index (χ0v) is 9.93. The molecule has 4 nitrogen and oxygen atoms in total. The van der Waals surface area contributed by atoms with Gasteiger partial charge in [-0.05, 0) is 30.9 Å². The summed E-state index contributed by atoms with van der Waals surface area (Å²) in [4.78, 5) is 15.7. The maximum absolute atomic E-state index is 11.8. The first-order chi connectivity index (χ1) is 8.27. The molecule has 17 heavy (non-hydrogen) atoms. The molecule has 2 unspecified atom stereocenters. The van der Waals surface area contributed by atoms with E-state index in [2.05, 4.69) is 10.3 Å². The quantitative estimate of drug-likeness (QED) is 0.827. The molecular weight excluding hydrogens is 214 g/mol. The van der Waals surface area contributed by atoms with Crippen LogP contribution in [0.2, 0.25) is 0 Å². The third-order valence-electron chi connectivity index (χ3n) is 3.44. The van der Waals surface area contributed by atoms with Gasteiger partial charge < -0.3 is 11.1 Å². The van der Waals surface area contributed by atoms with E-state index in [4.69, 9.17) is 5.73 Å². The number of amides is 1. The van der Waals surface area contributed by atoms with E-state index >= 15 is 0 Å². The number of carbonyl (C=O) groups excluding carboxylic acids is 1. The first kappa shape index (κ1) is 12.0. The summed E-state index contributed by atoms with van der Waals surface area (Å²) < 4.78 is 0. The zero-order valence-electron chi connectivity index (χ0n) is 9.93. The first-order valence-electron chi connectivity index (χ1n) is 6.21. The Kier molecular flexibility index (Phi) is 4.09. The van der Waals surface area contributed by atoms with Crippen LogP contribution in [-0.4, -0.2) is 23.5 Å². The highest BCUT2D eigenvalue weighted by Crippen LogP contribution is 2.22. The van der Waals surface area contributed by atoms with Crippen molar-refractivity contribution in [2.24, 2.45) is 11.7 Å². The molecule has 1 aromatic heterocycles. The van der Waals surface area contributed by atoms with Gasteiger partial charge in [0.25, 0.3) is 5.91 Å². The van der Waals surface area contributed by atoms with E-state index in [-0.39, 0.29) is 11.9 Å². The highest BCUT2D eigenvalue weighted by atomic mass is 16.1. The minimum absolute atomic E-state index is 0.0369. The van der Waals surface area contributed by atoms with E-state index in [1.165, 1.54) is 12.8 Å². The number of carbonyl (C=O) groups is 1. The van der Waals surface area contributed by atoms with Crippen LogP contribution in [0.3, 0.4) is 0 Å². The number of nitrogens with one attached hydrogen (secondary N) is 1. The van der Waals surface area contributed by atoms with Gasteiger partial charge in [-0.2, -0.15) is 0 Å². The summed E-state index contributed by atoms with van der Waals surface area (Å²) in [5.41, 5.74) is 6.70. The Balaban J connectivity index is 1.84. The number of rotatable bonds is 3. The van der Waals surface area contributed by atoms with E-state index in [1.54, 1.807) is 24.5 Å². The van der Waals surface area contributed by atoms with Crippen molar-refractivity contribution in [1.29, 1.82) is 0 Å². The number of hydrogen-bond acceptors (Lipinski definition) is 3. The number of aromatic nitrogens is 1. The van der Waals surface area contributed by atoms with Crippen molar-refractivity contribution < 1.29 is 4.79 Å². The smallest absolute Gasteiger partial charge is 0.251 e. The Labute approximate surface area is 102 Å². The molecular formula is C13H19N3O. The van der Waals surface area contributed by atoms with Crippen molar-refractivity contribution in [3.8, 4) is 0 Å². The van der Waals surface area contributed by atoms with Crippen LogP contribution >= 0.6 is 0 Å². The highest BCUT2D eigenvalue weighted by Gasteiger charge is 2.22. The second kappa shape index (κ2) is 5.77. The maximum Gasteiger partial charge on any atom is 0.251 e. The van der Waals surface area contributed by atoms with Gasteiger partial charge in [0.2, 0.25) is 0 Å². The molecule has 0 radical (unpaired) electrons. The molecule has 2 atom stereocenters. The molecule has 0 saturated heterocycles. The molecule has 1 amide bonds. The van der Waals surface area contributed by atoms with Gasteiger partial charge in [0.05, 0.1) is 0 Å². The van der Waals surface area contributed by atoms with Crippen LogP contribution in [0.5, 0.6) is 0 Å². The molecule has 92 valence electrons. The molecule has 1 aliphatic rings. The van der Waals surface area contributed by atoms with Gasteiger partial charge in [-0.1, -0.05) is 12.8 Å². The normalized spacial score (nSPS) is 24.3.